The van der Waals surface area contributed by atoms with Gasteiger partial charge in [0, 0.05) is 12.1 Å². The van der Waals surface area contributed by atoms with Crippen LogP contribution in [0.15, 0.2) is 0 Å². The quantitative estimate of drug-likeness (QED) is 0.709. The molecule has 0 aliphatic carbocycles. The Balaban J connectivity index is 2.09. The van der Waals surface area contributed by atoms with Crippen molar-refractivity contribution < 1.29 is 5.11 Å². The fourth-order valence-corrected chi connectivity index (χ4v) is 3.15. The first-order valence-electron chi connectivity index (χ1n) is 6.00. The summed E-state index contributed by atoms with van der Waals surface area (Å²) in [4.78, 5) is 0. The van der Waals surface area contributed by atoms with Crippen LogP contribution < -0.4 is 5.32 Å². The van der Waals surface area contributed by atoms with Gasteiger partial charge in [0.15, 0.2) is 0 Å². The summed E-state index contributed by atoms with van der Waals surface area (Å²) in [5.41, 5.74) is -0.398. The average Bonchev–Trinajstić information content (AvgIpc) is 2.44. The highest BCUT2D eigenvalue weighted by molar-refractivity contribution is 5.02. The van der Waals surface area contributed by atoms with Crippen LogP contribution in [0.5, 0.6) is 0 Å². The third-order valence-corrected chi connectivity index (χ3v) is 4.38. The van der Waals surface area contributed by atoms with Gasteiger partial charge in [0.25, 0.3) is 0 Å². The maximum Gasteiger partial charge on any atom is 0.0705 e. The van der Waals surface area contributed by atoms with Crippen LogP contribution >= 0.6 is 0 Å². The second-order valence-electron chi connectivity index (χ2n) is 5.68. The van der Waals surface area contributed by atoms with E-state index in [0.29, 0.717) is 23.9 Å². The summed E-state index contributed by atoms with van der Waals surface area (Å²) in [7, 11) is 0. The Labute approximate surface area is 87.1 Å². The van der Waals surface area contributed by atoms with Crippen molar-refractivity contribution in [2.75, 3.05) is 0 Å². The van der Waals surface area contributed by atoms with Crippen LogP contribution in [0.4, 0.5) is 0 Å². The van der Waals surface area contributed by atoms with Crippen LogP contribution in [-0.4, -0.2) is 22.8 Å². The van der Waals surface area contributed by atoms with Crippen LogP contribution in [-0.2, 0) is 0 Å². The zero-order chi connectivity index (χ0) is 10.3. The van der Waals surface area contributed by atoms with E-state index in [-0.39, 0.29) is 0 Å². The summed E-state index contributed by atoms with van der Waals surface area (Å²) in [6.07, 6.45) is 4.45. The average molecular weight is 197 g/mol. The lowest BCUT2D eigenvalue weighted by Gasteiger charge is -2.43. The molecule has 2 aliphatic rings. The minimum atomic E-state index is -0.398. The van der Waals surface area contributed by atoms with E-state index in [1.165, 1.54) is 12.8 Å². The van der Waals surface area contributed by atoms with Crippen molar-refractivity contribution >= 4 is 0 Å². The van der Waals surface area contributed by atoms with Crippen LogP contribution in [0, 0.1) is 11.8 Å². The highest BCUT2D eigenvalue weighted by Crippen LogP contribution is 2.40. The molecule has 0 aromatic heterocycles. The van der Waals surface area contributed by atoms with Crippen molar-refractivity contribution in [3.05, 3.63) is 0 Å². The molecule has 0 radical (unpaired) electrons. The number of rotatable bonds is 2. The molecular formula is C12H23NO. The lowest BCUT2D eigenvalue weighted by atomic mass is 9.73. The van der Waals surface area contributed by atoms with Crippen LogP contribution in [0.3, 0.4) is 0 Å². The van der Waals surface area contributed by atoms with Crippen molar-refractivity contribution in [2.45, 2.75) is 64.1 Å². The maximum atomic E-state index is 10.7. The molecule has 0 aromatic carbocycles. The summed E-state index contributed by atoms with van der Waals surface area (Å²) in [5.74, 6) is 1.00. The van der Waals surface area contributed by atoms with Gasteiger partial charge in [-0.15, -0.1) is 0 Å². The first-order chi connectivity index (χ1) is 6.51. The SMILES string of the molecule is CC(C)C(C)C1(O)CC2CCC(C1)N2. The Hall–Kier alpha value is -0.0800. The van der Waals surface area contributed by atoms with Gasteiger partial charge in [-0.3, -0.25) is 0 Å². The summed E-state index contributed by atoms with van der Waals surface area (Å²) >= 11 is 0. The first-order valence-corrected chi connectivity index (χ1v) is 6.00. The molecule has 82 valence electrons. The Morgan fingerprint density at radius 1 is 1.14 bits per heavy atom. The fraction of sp³-hybridized carbons (Fsp3) is 1.00. The summed E-state index contributed by atoms with van der Waals surface area (Å²) in [6, 6.07) is 1.17. The number of fused-ring (bicyclic) bond motifs is 2. The number of aliphatic hydroxyl groups is 1. The molecule has 2 rings (SSSR count). The van der Waals surface area contributed by atoms with Gasteiger partial charge in [-0.1, -0.05) is 20.8 Å². The molecule has 0 spiro atoms. The standard InChI is InChI=1S/C12H23NO/c1-8(2)9(3)12(14)6-10-4-5-11(7-12)13-10/h8-11,13-14H,4-7H2,1-3H3. The predicted octanol–water partition coefficient (Wildman–Crippen LogP) is 1.92. The molecule has 2 fully saturated rings. The molecule has 2 aliphatic heterocycles. The van der Waals surface area contributed by atoms with Gasteiger partial charge in [0.1, 0.15) is 0 Å². The van der Waals surface area contributed by atoms with E-state index in [9.17, 15) is 5.11 Å². The molecule has 2 saturated heterocycles. The minimum absolute atomic E-state index is 0.398. The largest absolute Gasteiger partial charge is 0.389 e. The molecule has 0 saturated carbocycles. The minimum Gasteiger partial charge on any atom is -0.389 e. The van der Waals surface area contributed by atoms with E-state index in [2.05, 4.69) is 26.1 Å². The Morgan fingerprint density at radius 3 is 2.07 bits per heavy atom. The van der Waals surface area contributed by atoms with E-state index < -0.39 is 5.60 Å². The summed E-state index contributed by atoms with van der Waals surface area (Å²) in [6.45, 7) is 6.63. The Morgan fingerprint density at radius 2 is 1.64 bits per heavy atom. The fourth-order valence-electron chi connectivity index (χ4n) is 3.15. The van der Waals surface area contributed by atoms with Gasteiger partial charge in [-0.25, -0.2) is 0 Å². The summed E-state index contributed by atoms with van der Waals surface area (Å²) in [5, 5.41) is 14.2. The van der Waals surface area contributed by atoms with Gasteiger partial charge in [-0.05, 0) is 37.5 Å². The van der Waals surface area contributed by atoms with E-state index in [0.717, 1.165) is 12.8 Å². The third-order valence-electron chi connectivity index (χ3n) is 4.38. The lowest BCUT2D eigenvalue weighted by Crippen LogP contribution is -2.52. The highest BCUT2D eigenvalue weighted by Gasteiger charge is 2.45. The van der Waals surface area contributed by atoms with Gasteiger partial charge in [0.05, 0.1) is 5.60 Å². The Bertz CT molecular complexity index is 202. The molecule has 0 amide bonds. The molecule has 14 heavy (non-hydrogen) atoms. The molecule has 3 atom stereocenters. The topological polar surface area (TPSA) is 32.3 Å². The van der Waals surface area contributed by atoms with E-state index in [4.69, 9.17) is 0 Å². The zero-order valence-electron chi connectivity index (χ0n) is 9.59. The normalized spacial score (nSPS) is 44.4. The van der Waals surface area contributed by atoms with Crippen molar-refractivity contribution in [1.82, 2.24) is 5.32 Å². The highest BCUT2D eigenvalue weighted by atomic mass is 16.3. The molecule has 3 unspecified atom stereocenters. The molecule has 2 bridgehead atoms. The molecule has 2 heteroatoms. The molecular weight excluding hydrogens is 174 g/mol. The van der Waals surface area contributed by atoms with Gasteiger partial charge in [-0.2, -0.15) is 0 Å². The predicted molar refractivity (Wildman–Crippen MR) is 58.1 cm³/mol. The zero-order valence-corrected chi connectivity index (χ0v) is 9.59. The number of hydrogen-bond donors (Lipinski definition) is 2. The van der Waals surface area contributed by atoms with E-state index in [1.807, 2.05) is 0 Å². The second-order valence-corrected chi connectivity index (χ2v) is 5.68. The molecule has 2 heterocycles. The third kappa shape index (κ3) is 1.70. The molecule has 0 aromatic rings. The van der Waals surface area contributed by atoms with Crippen molar-refractivity contribution in [3.63, 3.8) is 0 Å². The van der Waals surface area contributed by atoms with Gasteiger partial charge in [0.2, 0.25) is 0 Å². The van der Waals surface area contributed by atoms with E-state index >= 15 is 0 Å². The Kier molecular flexibility index (Phi) is 2.61. The van der Waals surface area contributed by atoms with Crippen LogP contribution in [0.1, 0.15) is 46.5 Å². The maximum absolute atomic E-state index is 10.7. The van der Waals surface area contributed by atoms with Crippen molar-refractivity contribution in [2.24, 2.45) is 11.8 Å². The first kappa shape index (κ1) is 10.4. The monoisotopic (exact) mass is 197 g/mol. The second kappa shape index (κ2) is 3.49. The van der Waals surface area contributed by atoms with Crippen LogP contribution in [0.25, 0.3) is 0 Å². The van der Waals surface area contributed by atoms with Crippen molar-refractivity contribution in [3.8, 4) is 0 Å². The van der Waals surface area contributed by atoms with Gasteiger partial charge >= 0.3 is 0 Å². The van der Waals surface area contributed by atoms with Crippen molar-refractivity contribution in [1.29, 1.82) is 0 Å². The molecule has 2 N–H and O–H groups in total. The lowest BCUT2D eigenvalue weighted by molar-refractivity contribution is -0.0659. The van der Waals surface area contributed by atoms with Crippen LogP contribution in [0.2, 0.25) is 0 Å². The number of piperidine rings is 1. The molecule has 2 nitrogen and oxygen atoms in total. The smallest absolute Gasteiger partial charge is 0.0705 e. The van der Waals surface area contributed by atoms with E-state index in [1.54, 1.807) is 0 Å². The van der Waals surface area contributed by atoms with Gasteiger partial charge < -0.3 is 10.4 Å². The number of nitrogens with one attached hydrogen (secondary N) is 1. The summed E-state index contributed by atoms with van der Waals surface area (Å²) < 4.78 is 0. The number of hydrogen-bond acceptors (Lipinski definition) is 2.